The summed E-state index contributed by atoms with van der Waals surface area (Å²) in [6.45, 7) is 1.93. The number of carboxylic acids is 1. The van der Waals surface area contributed by atoms with Gasteiger partial charge in [-0.25, -0.2) is 9.78 Å². The molecule has 5 nitrogen and oxygen atoms in total. The van der Waals surface area contributed by atoms with Gasteiger partial charge in [-0.15, -0.1) is 11.3 Å². The number of aromatic nitrogens is 1. The number of oxazole rings is 1. The third kappa shape index (κ3) is 3.44. The van der Waals surface area contributed by atoms with Crippen LogP contribution in [0.4, 0.5) is 0 Å². The lowest BCUT2D eigenvalue weighted by molar-refractivity contribution is 0.0697. The fourth-order valence-corrected chi connectivity index (χ4v) is 4.15. The number of benzene rings is 2. The summed E-state index contributed by atoms with van der Waals surface area (Å²) < 4.78 is 5.54. The molecule has 0 saturated carbocycles. The molecule has 2 aromatic heterocycles. The van der Waals surface area contributed by atoms with E-state index in [0.717, 1.165) is 11.1 Å². The van der Waals surface area contributed by atoms with Crippen molar-refractivity contribution >= 4 is 45.8 Å². The van der Waals surface area contributed by atoms with Crippen molar-refractivity contribution in [2.75, 3.05) is 0 Å². The third-order valence-corrected chi connectivity index (χ3v) is 5.58. The first-order chi connectivity index (χ1) is 13.4. The van der Waals surface area contributed by atoms with E-state index in [1.807, 2.05) is 19.1 Å². The standard InChI is InChI=1S/C21H14ClNO4S/c1-11-2-7-17-15(8-11)23-20(27-17)16(24)9-18-19(21(25)26)14(10-28-18)12-3-5-13(22)6-4-12/h2-8,10H,9H2,1H3,(H,25,26). The maximum absolute atomic E-state index is 12.7. The number of nitrogens with zero attached hydrogens (tertiary/aromatic N) is 1. The molecule has 0 bridgehead atoms. The summed E-state index contributed by atoms with van der Waals surface area (Å²) >= 11 is 7.14. The van der Waals surface area contributed by atoms with Gasteiger partial charge in [-0.2, -0.15) is 0 Å². The molecule has 28 heavy (non-hydrogen) atoms. The Morgan fingerprint density at radius 3 is 2.64 bits per heavy atom. The fourth-order valence-electron chi connectivity index (χ4n) is 2.98. The molecule has 0 unspecified atom stereocenters. The van der Waals surface area contributed by atoms with Crippen molar-refractivity contribution in [3.63, 3.8) is 0 Å². The zero-order chi connectivity index (χ0) is 19.8. The van der Waals surface area contributed by atoms with E-state index in [-0.39, 0.29) is 23.7 Å². The minimum absolute atomic E-state index is 0.0154. The van der Waals surface area contributed by atoms with E-state index in [2.05, 4.69) is 4.98 Å². The summed E-state index contributed by atoms with van der Waals surface area (Å²) in [4.78, 5) is 29.2. The zero-order valence-electron chi connectivity index (χ0n) is 14.7. The lowest BCUT2D eigenvalue weighted by atomic mass is 10.0. The highest BCUT2D eigenvalue weighted by molar-refractivity contribution is 7.11. The number of hydrogen-bond acceptors (Lipinski definition) is 5. The van der Waals surface area contributed by atoms with Gasteiger partial charge in [0.2, 0.25) is 5.78 Å². The molecule has 2 aromatic carbocycles. The van der Waals surface area contributed by atoms with E-state index in [9.17, 15) is 14.7 Å². The van der Waals surface area contributed by atoms with Crippen molar-refractivity contribution in [2.24, 2.45) is 0 Å². The number of rotatable bonds is 5. The van der Waals surface area contributed by atoms with Crippen molar-refractivity contribution in [3.05, 3.63) is 74.8 Å². The number of fused-ring (bicyclic) bond motifs is 1. The molecule has 140 valence electrons. The predicted molar refractivity (Wildman–Crippen MR) is 109 cm³/mol. The molecular formula is C21H14ClNO4S. The van der Waals surface area contributed by atoms with Gasteiger partial charge in [0.05, 0.1) is 12.0 Å². The highest BCUT2D eigenvalue weighted by Gasteiger charge is 2.23. The molecule has 1 N–H and O–H groups in total. The summed E-state index contributed by atoms with van der Waals surface area (Å²) in [5.74, 6) is -1.46. The van der Waals surface area contributed by atoms with E-state index in [0.29, 0.717) is 26.6 Å². The smallest absolute Gasteiger partial charge is 0.337 e. The zero-order valence-corrected chi connectivity index (χ0v) is 16.3. The van der Waals surface area contributed by atoms with Crippen molar-refractivity contribution < 1.29 is 19.1 Å². The molecule has 0 saturated heterocycles. The Labute approximate surface area is 169 Å². The lowest BCUT2D eigenvalue weighted by Gasteiger charge is -2.03. The number of aromatic carboxylic acids is 1. The second kappa shape index (κ2) is 7.22. The molecule has 0 aliphatic carbocycles. The van der Waals surface area contributed by atoms with E-state index >= 15 is 0 Å². The SMILES string of the molecule is Cc1ccc2oc(C(=O)Cc3scc(-c4ccc(Cl)cc4)c3C(=O)O)nc2c1. The highest BCUT2D eigenvalue weighted by atomic mass is 35.5. The van der Waals surface area contributed by atoms with Crippen LogP contribution in [0.25, 0.3) is 22.2 Å². The van der Waals surface area contributed by atoms with Crippen LogP contribution in [0.2, 0.25) is 5.02 Å². The van der Waals surface area contributed by atoms with E-state index in [1.54, 1.807) is 35.7 Å². The average Bonchev–Trinajstić information content (AvgIpc) is 3.26. The number of thiophene rings is 1. The minimum Gasteiger partial charge on any atom is -0.478 e. The van der Waals surface area contributed by atoms with Gasteiger partial charge in [0.1, 0.15) is 5.52 Å². The van der Waals surface area contributed by atoms with Gasteiger partial charge >= 0.3 is 5.97 Å². The molecule has 4 rings (SSSR count). The first-order valence-corrected chi connectivity index (χ1v) is 9.68. The maximum atomic E-state index is 12.7. The summed E-state index contributed by atoms with van der Waals surface area (Å²) in [5, 5.41) is 12.0. The van der Waals surface area contributed by atoms with Crippen LogP contribution in [-0.4, -0.2) is 21.8 Å². The van der Waals surface area contributed by atoms with Gasteiger partial charge < -0.3 is 9.52 Å². The molecule has 4 aromatic rings. The third-order valence-electron chi connectivity index (χ3n) is 4.34. The van der Waals surface area contributed by atoms with Gasteiger partial charge in [-0.05, 0) is 47.7 Å². The highest BCUT2D eigenvalue weighted by Crippen LogP contribution is 2.33. The summed E-state index contributed by atoms with van der Waals surface area (Å²) in [5.41, 5.74) is 3.56. The number of ketones is 1. The lowest BCUT2D eigenvalue weighted by Crippen LogP contribution is -2.07. The summed E-state index contributed by atoms with van der Waals surface area (Å²) in [6, 6.07) is 12.4. The Bertz CT molecular complexity index is 1210. The molecule has 0 atom stereocenters. The maximum Gasteiger partial charge on any atom is 0.337 e. The van der Waals surface area contributed by atoms with Crippen LogP contribution in [0.5, 0.6) is 0 Å². The molecule has 0 radical (unpaired) electrons. The topological polar surface area (TPSA) is 80.4 Å². The van der Waals surface area contributed by atoms with Crippen molar-refractivity contribution in [1.82, 2.24) is 4.98 Å². The predicted octanol–water partition coefficient (Wildman–Crippen LogP) is 5.64. The van der Waals surface area contributed by atoms with Crippen LogP contribution in [0.15, 0.2) is 52.3 Å². The summed E-state index contributed by atoms with van der Waals surface area (Å²) in [7, 11) is 0. The van der Waals surface area contributed by atoms with Gasteiger partial charge in [0.15, 0.2) is 5.58 Å². The molecule has 0 amide bonds. The van der Waals surface area contributed by atoms with Gasteiger partial charge in [0.25, 0.3) is 5.89 Å². The molecule has 0 aliphatic heterocycles. The second-order valence-corrected chi connectivity index (χ2v) is 7.75. The van der Waals surface area contributed by atoms with Crippen LogP contribution in [-0.2, 0) is 6.42 Å². The number of carbonyl (C=O) groups is 2. The Morgan fingerprint density at radius 1 is 1.18 bits per heavy atom. The van der Waals surface area contributed by atoms with Crippen LogP contribution in [0, 0.1) is 6.92 Å². The fraction of sp³-hybridized carbons (Fsp3) is 0.0952. The first kappa shape index (κ1) is 18.4. The van der Waals surface area contributed by atoms with Crippen LogP contribution < -0.4 is 0 Å². The van der Waals surface area contributed by atoms with E-state index < -0.39 is 5.97 Å². The molecule has 0 spiro atoms. The molecular weight excluding hydrogens is 398 g/mol. The number of Topliss-reactive ketones (excluding diaryl/α,β-unsaturated/α-hetero) is 1. The number of carboxylic acid groups (broad SMARTS) is 1. The normalized spacial score (nSPS) is 11.1. The monoisotopic (exact) mass is 411 g/mol. The van der Waals surface area contributed by atoms with Crippen LogP contribution in [0.1, 0.15) is 31.5 Å². The van der Waals surface area contributed by atoms with E-state index in [4.69, 9.17) is 16.0 Å². The van der Waals surface area contributed by atoms with Crippen molar-refractivity contribution in [3.8, 4) is 11.1 Å². The quantitative estimate of drug-likeness (QED) is 0.430. The van der Waals surface area contributed by atoms with Gasteiger partial charge in [-0.3, -0.25) is 4.79 Å². The van der Waals surface area contributed by atoms with Crippen LogP contribution >= 0.6 is 22.9 Å². The number of carbonyl (C=O) groups excluding carboxylic acids is 1. The first-order valence-electron chi connectivity index (χ1n) is 8.42. The Morgan fingerprint density at radius 2 is 1.93 bits per heavy atom. The number of hydrogen-bond donors (Lipinski definition) is 1. The Balaban J connectivity index is 1.67. The van der Waals surface area contributed by atoms with Gasteiger partial charge in [0, 0.05) is 15.5 Å². The largest absolute Gasteiger partial charge is 0.478 e. The molecule has 7 heteroatoms. The molecule has 2 heterocycles. The summed E-state index contributed by atoms with van der Waals surface area (Å²) in [6.07, 6.45) is -0.0916. The Kier molecular flexibility index (Phi) is 4.75. The second-order valence-electron chi connectivity index (χ2n) is 6.35. The molecule has 0 fully saturated rings. The number of aryl methyl sites for hydroxylation is 1. The van der Waals surface area contributed by atoms with Crippen LogP contribution in [0.3, 0.4) is 0 Å². The minimum atomic E-state index is -1.08. The van der Waals surface area contributed by atoms with E-state index in [1.165, 1.54) is 11.3 Å². The van der Waals surface area contributed by atoms with Crippen molar-refractivity contribution in [2.45, 2.75) is 13.3 Å². The average molecular weight is 412 g/mol. The van der Waals surface area contributed by atoms with Gasteiger partial charge in [-0.1, -0.05) is 29.8 Å². The molecule has 0 aliphatic rings. The number of halogens is 1. The Hall–Kier alpha value is -2.96. The van der Waals surface area contributed by atoms with Crippen molar-refractivity contribution in [1.29, 1.82) is 0 Å².